The standard InChI is InChI=1S/C20H23N3O5S2/c1-23(2)30(25,26)16-9-7-15(8-10-16)21-20(29)22-19(24)12-6-14-5-11-17(27-3)18(13-14)28-4/h5-13H,1-4H3,(H2,21,22,24,29). The van der Waals surface area contributed by atoms with Gasteiger partial charge in [0.25, 0.3) is 0 Å². The number of methoxy groups -OCH3 is 2. The second-order valence-corrected chi connectivity index (χ2v) is 8.76. The number of carbonyl (C=O) groups is 1. The minimum Gasteiger partial charge on any atom is -0.493 e. The van der Waals surface area contributed by atoms with Crippen LogP contribution in [0.3, 0.4) is 0 Å². The first kappa shape index (κ1) is 23.3. The Bertz CT molecular complexity index is 1050. The van der Waals surface area contributed by atoms with Gasteiger partial charge in [-0.2, -0.15) is 0 Å². The monoisotopic (exact) mass is 449 g/mol. The van der Waals surface area contributed by atoms with Gasteiger partial charge in [0.1, 0.15) is 0 Å². The topological polar surface area (TPSA) is 97.0 Å². The van der Waals surface area contributed by atoms with E-state index in [9.17, 15) is 13.2 Å². The minimum absolute atomic E-state index is 0.0835. The van der Waals surface area contributed by atoms with Gasteiger partial charge in [-0.3, -0.25) is 10.1 Å². The molecule has 2 N–H and O–H groups in total. The van der Waals surface area contributed by atoms with Gasteiger partial charge < -0.3 is 14.8 Å². The van der Waals surface area contributed by atoms with E-state index >= 15 is 0 Å². The molecule has 10 heteroatoms. The van der Waals surface area contributed by atoms with Crippen LogP contribution >= 0.6 is 12.2 Å². The highest BCUT2D eigenvalue weighted by atomic mass is 32.2. The number of thiocarbonyl (C=S) groups is 1. The fourth-order valence-electron chi connectivity index (χ4n) is 2.37. The Kier molecular flexibility index (Phi) is 7.93. The maximum Gasteiger partial charge on any atom is 0.250 e. The largest absolute Gasteiger partial charge is 0.493 e. The highest BCUT2D eigenvalue weighted by Crippen LogP contribution is 2.27. The first-order chi connectivity index (χ1) is 14.2. The number of nitrogens with one attached hydrogen (secondary N) is 2. The van der Waals surface area contributed by atoms with Crippen molar-refractivity contribution in [3.05, 3.63) is 54.1 Å². The van der Waals surface area contributed by atoms with Crippen molar-refractivity contribution in [2.45, 2.75) is 4.90 Å². The molecule has 0 radical (unpaired) electrons. The Morgan fingerprint density at radius 3 is 2.23 bits per heavy atom. The van der Waals surface area contributed by atoms with Gasteiger partial charge in [0, 0.05) is 25.9 Å². The molecule has 0 aliphatic heterocycles. The van der Waals surface area contributed by atoms with Gasteiger partial charge in [-0.15, -0.1) is 0 Å². The van der Waals surface area contributed by atoms with Crippen molar-refractivity contribution >= 4 is 45.0 Å². The van der Waals surface area contributed by atoms with Gasteiger partial charge in [0.15, 0.2) is 16.6 Å². The van der Waals surface area contributed by atoms with E-state index in [1.165, 1.54) is 39.4 Å². The van der Waals surface area contributed by atoms with Crippen molar-refractivity contribution < 1.29 is 22.7 Å². The Labute approximate surface area is 181 Å². The van der Waals surface area contributed by atoms with Crippen molar-refractivity contribution in [1.82, 2.24) is 9.62 Å². The quantitative estimate of drug-likeness (QED) is 0.495. The number of sulfonamides is 1. The second-order valence-electron chi connectivity index (χ2n) is 6.20. The lowest BCUT2D eigenvalue weighted by molar-refractivity contribution is -0.115. The van der Waals surface area contributed by atoms with E-state index in [-0.39, 0.29) is 10.0 Å². The van der Waals surface area contributed by atoms with E-state index in [1.54, 1.807) is 43.5 Å². The van der Waals surface area contributed by atoms with Crippen LogP contribution in [0.15, 0.2) is 53.4 Å². The van der Waals surface area contributed by atoms with Crippen LogP contribution in [0.2, 0.25) is 0 Å². The molecule has 0 bridgehead atoms. The predicted octanol–water partition coefficient (Wildman–Crippen LogP) is 2.48. The summed E-state index contributed by atoms with van der Waals surface area (Å²) in [6.45, 7) is 0. The molecule has 0 spiro atoms. The summed E-state index contributed by atoms with van der Waals surface area (Å²) in [4.78, 5) is 12.2. The lowest BCUT2D eigenvalue weighted by Gasteiger charge is -2.12. The van der Waals surface area contributed by atoms with Gasteiger partial charge in [-0.05, 0) is 60.3 Å². The molecule has 0 fully saturated rings. The van der Waals surface area contributed by atoms with Crippen LogP contribution in [0.1, 0.15) is 5.56 Å². The lowest BCUT2D eigenvalue weighted by atomic mass is 10.2. The molecule has 160 valence electrons. The molecule has 8 nitrogen and oxygen atoms in total. The number of hydrogen-bond donors (Lipinski definition) is 2. The van der Waals surface area contributed by atoms with Crippen molar-refractivity contribution in [3.8, 4) is 11.5 Å². The van der Waals surface area contributed by atoms with Gasteiger partial charge in [0.2, 0.25) is 15.9 Å². The molecule has 0 saturated heterocycles. The molecule has 0 aliphatic carbocycles. The fraction of sp³-hybridized carbons (Fsp3) is 0.200. The van der Waals surface area contributed by atoms with Crippen LogP contribution in [0.25, 0.3) is 6.08 Å². The number of rotatable bonds is 7. The SMILES string of the molecule is COc1ccc(C=CC(=O)NC(=S)Nc2ccc(S(=O)(=O)N(C)C)cc2)cc1OC. The van der Waals surface area contributed by atoms with Crippen LogP contribution in [-0.4, -0.2) is 52.1 Å². The third-order valence-electron chi connectivity index (χ3n) is 3.96. The van der Waals surface area contributed by atoms with Gasteiger partial charge in [-0.1, -0.05) is 6.07 Å². The van der Waals surface area contributed by atoms with Crippen LogP contribution in [-0.2, 0) is 14.8 Å². The Hall–Kier alpha value is -2.95. The highest BCUT2D eigenvalue weighted by molar-refractivity contribution is 7.89. The Morgan fingerprint density at radius 2 is 1.67 bits per heavy atom. The summed E-state index contributed by atoms with van der Waals surface area (Å²) in [5.41, 5.74) is 1.29. The number of anilines is 1. The Morgan fingerprint density at radius 1 is 1.03 bits per heavy atom. The van der Waals surface area contributed by atoms with Crippen molar-refractivity contribution in [2.75, 3.05) is 33.6 Å². The number of ether oxygens (including phenoxy) is 2. The zero-order valence-electron chi connectivity index (χ0n) is 17.0. The molecular formula is C20H23N3O5S2. The predicted molar refractivity (Wildman–Crippen MR) is 120 cm³/mol. The summed E-state index contributed by atoms with van der Waals surface area (Å²) >= 11 is 5.12. The molecule has 30 heavy (non-hydrogen) atoms. The lowest BCUT2D eigenvalue weighted by Crippen LogP contribution is -2.32. The van der Waals surface area contributed by atoms with E-state index < -0.39 is 15.9 Å². The molecular weight excluding hydrogens is 426 g/mol. The molecule has 0 unspecified atom stereocenters. The smallest absolute Gasteiger partial charge is 0.250 e. The Balaban J connectivity index is 1.96. The van der Waals surface area contributed by atoms with Crippen LogP contribution in [0.4, 0.5) is 5.69 Å². The number of carbonyl (C=O) groups excluding carboxylic acids is 1. The summed E-state index contributed by atoms with van der Waals surface area (Å²) in [6.07, 6.45) is 2.95. The summed E-state index contributed by atoms with van der Waals surface area (Å²) in [7, 11) is 2.49. The number of amides is 1. The van der Waals surface area contributed by atoms with Crippen molar-refractivity contribution in [2.24, 2.45) is 0 Å². The molecule has 2 aromatic rings. The average molecular weight is 450 g/mol. The molecule has 2 aromatic carbocycles. The molecule has 2 rings (SSSR count). The zero-order valence-corrected chi connectivity index (χ0v) is 18.6. The maximum absolute atomic E-state index is 12.1. The van der Waals surface area contributed by atoms with E-state index in [2.05, 4.69) is 10.6 Å². The highest BCUT2D eigenvalue weighted by Gasteiger charge is 2.16. The van der Waals surface area contributed by atoms with E-state index in [0.717, 1.165) is 9.87 Å². The molecule has 0 saturated carbocycles. The second kappa shape index (κ2) is 10.2. The van der Waals surface area contributed by atoms with Crippen LogP contribution in [0.5, 0.6) is 11.5 Å². The number of nitrogens with zero attached hydrogens (tertiary/aromatic N) is 1. The summed E-state index contributed by atoms with van der Waals surface area (Å²) in [5.74, 6) is 0.722. The van der Waals surface area contributed by atoms with E-state index in [4.69, 9.17) is 21.7 Å². The summed E-state index contributed by atoms with van der Waals surface area (Å²) < 4.78 is 35.7. The molecule has 0 aromatic heterocycles. The van der Waals surface area contributed by atoms with Crippen LogP contribution < -0.4 is 20.1 Å². The van der Waals surface area contributed by atoms with Gasteiger partial charge >= 0.3 is 0 Å². The van der Waals surface area contributed by atoms with Gasteiger partial charge in [0.05, 0.1) is 19.1 Å². The zero-order chi connectivity index (χ0) is 22.3. The van der Waals surface area contributed by atoms with Crippen molar-refractivity contribution in [3.63, 3.8) is 0 Å². The molecule has 0 heterocycles. The molecule has 0 aliphatic rings. The third kappa shape index (κ3) is 6.02. The van der Waals surface area contributed by atoms with E-state index in [1.807, 2.05) is 0 Å². The summed E-state index contributed by atoms with van der Waals surface area (Å²) in [6, 6.07) is 11.3. The maximum atomic E-state index is 12.1. The van der Waals surface area contributed by atoms with E-state index in [0.29, 0.717) is 17.2 Å². The molecule has 1 amide bonds. The van der Waals surface area contributed by atoms with Crippen LogP contribution in [0, 0.1) is 0 Å². The third-order valence-corrected chi connectivity index (χ3v) is 6.00. The molecule has 0 atom stereocenters. The minimum atomic E-state index is -3.51. The first-order valence-corrected chi connectivity index (χ1v) is 10.6. The normalized spacial score (nSPS) is 11.4. The number of benzene rings is 2. The summed E-state index contributed by atoms with van der Waals surface area (Å²) in [5, 5.41) is 5.44. The number of hydrogen-bond acceptors (Lipinski definition) is 6. The van der Waals surface area contributed by atoms with Crippen molar-refractivity contribution in [1.29, 1.82) is 0 Å². The fourth-order valence-corrected chi connectivity index (χ4v) is 3.49. The average Bonchev–Trinajstić information content (AvgIpc) is 2.72. The first-order valence-electron chi connectivity index (χ1n) is 8.72. The van der Waals surface area contributed by atoms with Gasteiger partial charge in [-0.25, -0.2) is 12.7 Å².